The number of aldehydes is 1. The number of rotatable bonds is 23. The number of carboxylic acids is 4. The van der Waals surface area contributed by atoms with E-state index in [1.54, 1.807) is 6.92 Å². The van der Waals surface area contributed by atoms with Gasteiger partial charge in [-0.3, -0.25) is 24.9 Å². The van der Waals surface area contributed by atoms with E-state index >= 15 is 0 Å². The van der Waals surface area contributed by atoms with Crippen LogP contribution in [0.5, 0.6) is 0 Å². The zero-order chi connectivity index (χ0) is 43.2. The number of amides is 1. The molecule has 0 radical (unpaired) electrons. The molecule has 25 heteroatoms. The smallest absolute Gasteiger partial charge is 0.344 e. The van der Waals surface area contributed by atoms with Crippen molar-refractivity contribution >= 4 is 36.1 Å². The number of carbonyl (C=O) groups is 6. The number of aliphatic hydroxyl groups excluding tert-OH is 7. The van der Waals surface area contributed by atoms with Crippen molar-refractivity contribution in [1.82, 2.24) is 10.6 Å². The quantitative estimate of drug-likeness (QED) is 0.0259. The Hall–Kier alpha value is -3.54. The van der Waals surface area contributed by atoms with Gasteiger partial charge in [0.05, 0.1) is 37.4 Å². The Kier molecular flexibility index (Phi) is 26.4. The summed E-state index contributed by atoms with van der Waals surface area (Å²) in [5.41, 5.74) is 19.8. The highest BCUT2D eigenvalue weighted by Gasteiger charge is 2.44. The SMILES string of the molecule is CC(CN[C@@H](C)C(=O)O)O[C@@H]1[C@@H](N)[C@@H](O)O[C@H](CO)[C@H]1O.N[C@@H](C=O)[C@@H](O)[C@H](O)[C@H](O)CO.N[C@H](CCC(=O)O)C(=O)NC(N)(CCCCC(=O)O)C(=O)O. The minimum absolute atomic E-state index is 0.137. The first-order valence-corrected chi connectivity index (χ1v) is 16.8. The first-order chi connectivity index (χ1) is 25.4. The summed E-state index contributed by atoms with van der Waals surface area (Å²) in [6.45, 7) is 2.22. The molecule has 25 nitrogen and oxygen atoms in total. The molecule has 1 aliphatic rings. The zero-order valence-corrected chi connectivity index (χ0v) is 30.4. The molecule has 0 aliphatic carbocycles. The van der Waals surface area contributed by atoms with Crippen LogP contribution in [-0.2, 0) is 38.2 Å². The molecule has 1 heterocycles. The minimum Gasteiger partial charge on any atom is -0.481 e. The lowest BCUT2D eigenvalue weighted by Crippen LogP contribution is -2.64. The third-order valence-electron chi connectivity index (χ3n) is 7.82. The summed E-state index contributed by atoms with van der Waals surface area (Å²) < 4.78 is 10.5. The summed E-state index contributed by atoms with van der Waals surface area (Å²) >= 11 is 0. The van der Waals surface area contributed by atoms with Gasteiger partial charge in [-0.15, -0.1) is 0 Å². The van der Waals surface area contributed by atoms with Gasteiger partial charge in [0.1, 0.15) is 49.0 Å². The van der Waals surface area contributed by atoms with E-state index in [1.165, 1.54) is 6.92 Å². The Labute approximate surface area is 315 Å². The summed E-state index contributed by atoms with van der Waals surface area (Å²) in [6, 6.07) is -4.17. The van der Waals surface area contributed by atoms with E-state index in [0.717, 1.165) is 0 Å². The molecule has 55 heavy (non-hydrogen) atoms. The molecule has 1 amide bonds. The number of nitrogens with one attached hydrogen (secondary N) is 2. The summed E-state index contributed by atoms with van der Waals surface area (Å²) in [4.78, 5) is 64.4. The molecule has 2 unspecified atom stereocenters. The fraction of sp³-hybridized carbons (Fsp3) is 0.800. The van der Waals surface area contributed by atoms with Gasteiger partial charge in [0.2, 0.25) is 5.91 Å². The van der Waals surface area contributed by atoms with Crippen LogP contribution in [0.4, 0.5) is 0 Å². The summed E-state index contributed by atoms with van der Waals surface area (Å²) in [6.07, 6.45) is -9.75. The predicted molar refractivity (Wildman–Crippen MR) is 184 cm³/mol. The average Bonchev–Trinajstić information content (AvgIpc) is 3.13. The normalized spacial score (nSPS) is 24.3. The summed E-state index contributed by atoms with van der Waals surface area (Å²) in [7, 11) is 0. The van der Waals surface area contributed by atoms with Crippen molar-refractivity contribution in [3.63, 3.8) is 0 Å². The van der Waals surface area contributed by atoms with Gasteiger partial charge >= 0.3 is 23.9 Å². The van der Waals surface area contributed by atoms with Gasteiger partial charge in [0.15, 0.2) is 12.0 Å². The van der Waals surface area contributed by atoms with Gasteiger partial charge in [-0.1, -0.05) is 0 Å². The van der Waals surface area contributed by atoms with Gasteiger partial charge in [-0.25, -0.2) is 4.79 Å². The van der Waals surface area contributed by atoms with E-state index < -0.39 is 122 Å². The third-order valence-corrected chi connectivity index (χ3v) is 7.82. The predicted octanol–water partition coefficient (Wildman–Crippen LogP) is -7.51. The fourth-order valence-corrected chi connectivity index (χ4v) is 4.29. The number of unbranched alkanes of at least 4 members (excludes halogenated alkanes) is 1. The minimum atomic E-state index is -2.07. The third kappa shape index (κ3) is 20.8. The Balaban J connectivity index is 0. The Bertz CT molecular complexity index is 1190. The number of aliphatic carboxylic acids is 4. The van der Waals surface area contributed by atoms with Crippen LogP contribution in [0.25, 0.3) is 0 Å². The van der Waals surface area contributed by atoms with E-state index in [-0.39, 0.29) is 51.4 Å². The highest BCUT2D eigenvalue weighted by Crippen LogP contribution is 2.22. The second-order valence-corrected chi connectivity index (χ2v) is 12.5. The van der Waals surface area contributed by atoms with Gasteiger partial charge in [0.25, 0.3) is 0 Å². The lowest BCUT2D eigenvalue weighted by Gasteiger charge is -2.41. The largest absolute Gasteiger partial charge is 0.481 e. The molecule has 0 saturated carbocycles. The number of carbonyl (C=O) groups excluding carboxylic acids is 2. The average molecular weight is 807 g/mol. The lowest BCUT2D eigenvalue weighted by molar-refractivity contribution is -0.262. The lowest BCUT2D eigenvalue weighted by atomic mass is 9.97. The van der Waals surface area contributed by atoms with Gasteiger partial charge in [-0.05, 0) is 39.5 Å². The first kappa shape index (κ1) is 53.6. The Morgan fingerprint density at radius 3 is 1.95 bits per heavy atom. The number of carboxylic acid groups (broad SMARTS) is 4. The van der Waals surface area contributed by atoms with E-state index in [2.05, 4.69) is 10.6 Å². The van der Waals surface area contributed by atoms with Crippen LogP contribution in [0.3, 0.4) is 0 Å². The molecule has 0 aromatic heterocycles. The van der Waals surface area contributed by atoms with Crippen molar-refractivity contribution in [3.8, 4) is 0 Å². The maximum atomic E-state index is 11.8. The van der Waals surface area contributed by atoms with Crippen LogP contribution >= 0.6 is 0 Å². The fourth-order valence-electron chi connectivity index (χ4n) is 4.29. The second-order valence-electron chi connectivity index (χ2n) is 12.5. The number of ether oxygens (including phenoxy) is 2. The molecule has 1 aliphatic heterocycles. The summed E-state index contributed by atoms with van der Waals surface area (Å²) in [5.74, 6) is -5.49. The monoisotopic (exact) mass is 806 g/mol. The molecule has 1 saturated heterocycles. The van der Waals surface area contributed by atoms with Crippen molar-refractivity contribution in [2.45, 2.75) is 131 Å². The number of nitrogens with two attached hydrogens (primary N) is 4. The van der Waals surface area contributed by atoms with Crippen LogP contribution in [0, 0.1) is 0 Å². The molecule has 0 aromatic carbocycles. The van der Waals surface area contributed by atoms with Crippen molar-refractivity contribution in [2.24, 2.45) is 22.9 Å². The van der Waals surface area contributed by atoms with Gasteiger partial charge < -0.3 is 98.3 Å². The van der Waals surface area contributed by atoms with Gasteiger partial charge in [-0.2, -0.15) is 0 Å². The number of hydrogen-bond acceptors (Lipinski definition) is 20. The van der Waals surface area contributed by atoms with Crippen LogP contribution in [0.15, 0.2) is 0 Å². The second kappa shape index (κ2) is 27.1. The molecule has 13 atom stereocenters. The highest BCUT2D eigenvalue weighted by molar-refractivity contribution is 5.89. The van der Waals surface area contributed by atoms with Gasteiger partial charge in [0, 0.05) is 19.4 Å². The molecule has 0 bridgehead atoms. The van der Waals surface area contributed by atoms with E-state index in [9.17, 15) is 39.0 Å². The highest BCUT2D eigenvalue weighted by atomic mass is 16.6. The molecule has 322 valence electrons. The maximum absolute atomic E-state index is 11.8. The molecular formula is C30H58N6O19. The van der Waals surface area contributed by atoms with Crippen molar-refractivity contribution in [3.05, 3.63) is 0 Å². The Morgan fingerprint density at radius 2 is 1.49 bits per heavy atom. The molecule has 0 aromatic rings. The summed E-state index contributed by atoms with van der Waals surface area (Å²) in [5, 5.41) is 104. The van der Waals surface area contributed by atoms with Crippen LogP contribution in [0.1, 0.15) is 52.4 Å². The number of hydrogen-bond donors (Lipinski definition) is 17. The van der Waals surface area contributed by atoms with Crippen LogP contribution in [-0.4, -0.2) is 191 Å². The first-order valence-electron chi connectivity index (χ1n) is 16.8. The maximum Gasteiger partial charge on any atom is 0.344 e. The molecule has 21 N–H and O–H groups in total. The van der Waals surface area contributed by atoms with Crippen LogP contribution in [0.2, 0.25) is 0 Å². The Morgan fingerprint density at radius 1 is 0.927 bits per heavy atom. The molecular weight excluding hydrogens is 748 g/mol. The molecule has 1 rings (SSSR count). The standard InChI is InChI=1S/C12H21N3O7.C12H24N2O7.C6H13NO5/c13-7(4-5-9(18)19)10(20)15-12(14,11(21)22)6-2-1-3-8(16)17;1-5(3-14-6(2)11(17)18)20-10-8(13)12(19)21-7(4-15)9(10)16;7-3(1-8)5(11)6(12)4(10)2-9/h7H,1-6,13-14H2,(H,15,20)(H,16,17)(H,18,19)(H,21,22);5-10,12,14-16,19H,3-4,13H2,1-2H3,(H,17,18);1,3-6,9-12H,2,7H2/t7-,12?;5?,6-,7+,8+,9+,10+,12-;3-,4+,5+,6+/m100/s1. The molecule has 1 fully saturated rings. The van der Waals surface area contributed by atoms with Crippen molar-refractivity contribution in [2.75, 3.05) is 19.8 Å². The molecule has 0 spiro atoms. The zero-order valence-electron chi connectivity index (χ0n) is 30.4. The number of aliphatic hydroxyl groups is 7. The van der Waals surface area contributed by atoms with Crippen LogP contribution < -0.4 is 33.6 Å². The van der Waals surface area contributed by atoms with E-state index in [0.29, 0.717) is 0 Å². The van der Waals surface area contributed by atoms with E-state index in [1.807, 2.05) is 0 Å². The van der Waals surface area contributed by atoms with Crippen molar-refractivity contribution in [1.29, 1.82) is 0 Å². The topological polar surface area (TPSA) is 472 Å². The van der Waals surface area contributed by atoms with E-state index in [4.69, 9.17) is 78.4 Å². The van der Waals surface area contributed by atoms with Crippen molar-refractivity contribution < 1.29 is 94.4 Å².